The van der Waals surface area contributed by atoms with Gasteiger partial charge in [0.2, 0.25) is 17.7 Å². The number of unbranched alkanes of at least 4 members (excludes halogenated alkanes) is 1. The maximum atomic E-state index is 12.9. The summed E-state index contributed by atoms with van der Waals surface area (Å²) >= 11 is 0. The van der Waals surface area contributed by atoms with Crippen LogP contribution in [0, 0.1) is 5.41 Å². The van der Waals surface area contributed by atoms with Crippen LogP contribution in [-0.4, -0.2) is 78.3 Å². The van der Waals surface area contributed by atoms with E-state index >= 15 is 0 Å². The van der Waals surface area contributed by atoms with Crippen LogP contribution in [0.1, 0.15) is 70.9 Å². The number of carbonyl (C=O) groups excluding carboxylic acids is 3. The molecule has 0 bridgehead atoms. The van der Waals surface area contributed by atoms with E-state index in [9.17, 15) is 19.5 Å². The topological polar surface area (TPSA) is 157 Å². The molecule has 1 aliphatic rings. The van der Waals surface area contributed by atoms with Crippen LogP contribution in [-0.2, 0) is 36.9 Å². The standard InChI is InChI=1S/C29H48N4O6/c1-20(24(30)12-13-25(31)35)39-18-22-10-8-21(9-11-22)7-5-6-16-38-19-26(36)32-27(29(2,3)4)28(37)33-15-14-23(34)17-33/h8-11,20,23-24,27,34H,5-7,12-19,30H2,1-4H3,(H2,31,35)(H,32,36)/t20-,23+,24+,27-/m1/s1. The first kappa shape index (κ1) is 32.7. The molecule has 3 amide bonds. The number of aryl methyl sites for hydroxylation is 1. The zero-order chi connectivity index (χ0) is 29.0. The number of benzene rings is 1. The van der Waals surface area contributed by atoms with Gasteiger partial charge in [-0.3, -0.25) is 14.4 Å². The summed E-state index contributed by atoms with van der Waals surface area (Å²) in [6.07, 6.45) is 3.28. The average molecular weight is 549 g/mol. The molecule has 0 unspecified atom stereocenters. The number of aliphatic hydroxyl groups is 1. The van der Waals surface area contributed by atoms with Gasteiger partial charge < -0.3 is 36.3 Å². The van der Waals surface area contributed by atoms with E-state index in [1.807, 2.05) is 39.8 Å². The predicted octanol–water partition coefficient (Wildman–Crippen LogP) is 1.65. The zero-order valence-electron chi connectivity index (χ0n) is 24.0. The molecule has 39 heavy (non-hydrogen) atoms. The predicted molar refractivity (Wildman–Crippen MR) is 149 cm³/mol. The number of primary amides is 1. The van der Waals surface area contributed by atoms with Crippen LogP contribution in [0.15, 0.2) is 24.3 Å². The first-order valence-electron chi connectivity index (χ1n) is 13.9. The van der Waals surface area contributed by atoms with Gasteiger partial charge in [0, 0.05) is 32.2 Å². The minimum Gasteiger partial charge on any atom is -0.391 e. The van der Waals surface area contributed by atoms with Crippen LogP contribution in [0.3, 0.4) is 0 Å². The van der Waals surface area contributed by atoms with Crippen LogP contribution < -0.4 is 16.8 Å². The number of rotatable bonds is 16. The van der Waals surface area contributed by atoms with Gasteiger partial charge in [0.1, 0.15) is 12.6 Å². The molecule has 0 aromatic heterocycles. The van der Waals surface area contributed by atoms with Gasteiger partial charge in [-0.15, -0.1) is 0 Å². The smallest absolute Gasteiger partial charge is 0.246 e. The number of hydrogen-bond donors (Lipinski definition) is 4. The number of β-amino-alcohol motifs (C(OH)–C–C–N with tert-alkyl or cyclic N) is 1. The van der Waals surface area contributed by atoms with E-state index in [0.717, 1.165) is 24.8 Å². The number of nitrogens with zero attached hydrogens (tertiary/aromatic N) is 1. The number of nitrogens with one attached hydrogen (secondary N) is 1. The van der Waals surface area contributed by atoms with Gasteiger partial charge in [-0.1, -0.05) is 45.0 Å². The molecule has 0 spiro atoms. The van der Waals surface area contributed by atoms with Crippen molar-refractivity contribution in [2.24, 2.45) is 16.9 Å². The molecule has 1 aromatic carbocycles. The maximum Gasteiger partial charge on any atom is 0.246 e. The molecule has 1 aliphatic heterocycles. The Morgan fingerprint density at radius 1 is 1.15 bits per heavy atom. The van der Waals surface area contributed by atoms with Crippen molar-refractivity contribution < 1.29 is 29.0 Å². The van der Waals surface area contributed by atoms with E-state index in [1.165, 1.54) is 5.56 Å². The number of amides is 3. The third kappa shape index (κ3) is 12.0. The van der Waals surface area contributed by atoms with Crippen molar-refractivity contribution in [1.82, 2.24) is 10.2 Å². The second-order valence-corrected chi connectivity index (χ2v) is 11.6. The summed E-state index contributed by atoms with van der Waals surface area (Å²) in [5, 5.41) is 12.6. The molecule has 0 radical (unpaired) electrons. The minimum absolute atomic E-state index is 0.0954. The van der Waals surface area contributed by atoms with Crippen molar-refractivity contribution in [1.29, 1.82) is 0 Å². The normalized spacial score (nSPS) is 18.0. The van der Waals surface area contributed by atoms with Crippen LogP contribution in [0.2, 0.25) is 0 Å². The van der Waals surface area contributed by atoms with Crippen molar-refractivity contribution in [3.8, 4) is 0 Å². The molecule has 10 heteroatoms. The fourth-order valence-electron chi connectivity index (χ4n) is 4.37. The van der Waals surface area contributed by atoms with Gasteiger partial charge in [-0.05, 0) is 55.6 Å². The second kappa shape index (κ2) is 15.9. The average Bonchev–Trinajstić information content (AvgIpc) is 3.32. The highest BCUT2D eigenvalue weighted by molar-refractivity contribution is 5.89. The van der Waals surface area contributed by atoms with Crippen LogP contribution in [0.5, 0.6) is 0 Å². The van der Waals surface area contributed by atoms with E-state index in [1.54, 1.807) is 4.90 Å². The van der Waals surface area contributed by atoms with Gasteiger partial charge >= 0.3 is 0 Å². The van der Waals surface area contributed by atoms with Gasteiger partial charge in [-0.25, -0.2) is 0 Å². The maximum absolute atomic E-state index is 12.9. The van der Waals surface area contributed by atoms with Gasteiger partial charge in [0.15, 0.2) is 0 Å². The molecule has 2 rings (SSSR count). The molecule has 0 aliphatic carbocycles. The summed E-state index contributed by atoms with van der Waals surface area (Å²) in [6, 6.07) is 7.31. The van der Waals surface area contributed by atoms with Gasteiger partial charge in [0.25, 0.3) is 0 Å². The first-order valence-corrected chi connectivity index (χ1v) is 13.9. The first-order chi connectivity index (χ1) is 18.4. The lowest BCUT2D eigenvalue weighted by atomic mass is 9.85. The quantitative estimate of drug-likeness (QED) is 0.229. The SMILES string of the molecule is C[C@@H](OCc1ccc(CCCCOCC(=O)N[C@H](C(=O)N2CC[C@H](O)C2)C(C)(C)C)cc1)[C@@H](N)CCC(N)=O. The lowest BCUT2D eigenvalue weighted by Gasteiger charge is -2.33. The lowest BCUT2D eigenvalue weighted by Crippen LogP contribution is -2.55. The molecule has 6 N–H and O–H groups in total. The minimum atomic E-state index is -0.672. The highest BCUT2D eigenvalue weighted by atomic mass is 16.5. The highest BCUT2D eigenvalue weighted by Gasteiger charge is 2.37. The third-order valence-corrected chi connectivity index (χ3v) is 6.99. The largest absolute Gasteiger partial charge is 0.391 e. The molecule has 1 heterocycles. The third-order valence-electron chi connectivity index (χ3n) is 6.99. The number of ether oxygens (including phenoxy) is 2. The summed E-state index contributed by atoms with van der Waals surface area (Å²) in [5.41, 5.74) is 13.0. The van der Waals surface area contributed by atoms with E-state index in [4.69, 9.17) is 20.9 Å². The molecule has 0 saturated carbocycles. The van der Waals surface area contributed by atoms with E-state index in [0.29, 0.717) is 39.1 Å². The van der Waals surface area contributed by atoms with Crippen molar-refractivity contribution in [3.63, 3.8) is 0 Å². The van der Waals surface area contributed by atoms with E-state index < -0.39 is 17.6 Å². The number of likely N-dealkylation sites (tertiary alicyclic amines) is 1. The molecular formula is C29H48N4O6. The Labute approximate surface area is 232 Å². The van der Waals surface area contributed by atoms with Gasteiger partial charge in [-0.2, -0.15) is 0 Å². The summed E-state index contributed by atoms with van der Waals surface area (Å²) in [7, 11) is 0. The molecule has 1 saturated heterocycles. The number of carbonyl (C=O) groups is 3. The molecular weight excluding hydrogens is 500 g/mol. The highest BCUT2D eigenvalue weighted by Crippen LogP contribution is 2.23. The molecule has 1 fully saturated rings. The molecule has 10 nitrogen and oxygen atoms in total. The second-order valence-electron chi connectivity index (χ2n) is 11.6. The van der Waals surface area contributed by atoms with Crippen molar-refractivity contribution in [3.05, 3.63) is 35.4 Å². The molecule has 220 valence electrons. The van der Waals surface area contributed by atoms with Crippen LogP contribution in [0.25, 0.3) is 0 Å². The Bertz CT molecular complexity index is 917. The fourth-order valence-corrected chi connectivity index (χ4v) is 4.37. The Hall–Kier alpha value is -2.53. The Balaban J connectivity index is 1.63. The van der Waals surface area contributed by atoms with Crippen molar-refractivity contribution >= 4 is 17.7 Å². The van der Waals surface area contributed by atoms with Crippen LogP contribution >= 0.6 is 0 Å². The Kier molecular flexibility index (Phi) is 13.3. The number of nitrogens with two attached hydrogens (primary N) is 2. The van der Waals surface area contributed by atoms with E-state index in [-0.39, 0.29) is 42.9 Å². The van der Waals surface area contributed by atoms with Crippen molar-refractivity contribution in [2.45, 2.75) is 97.1 Å². The summed E-state index contributed by atoms with van der Waals surface area (Å²) in [4.78, 5) is 37.9. The Morgan fingerprint density at radius 2 is 1.82 bits per heavy atom. The van der Waals surface area contributed by atoms with Crippen molar-refractivity contribution in [2.75, 3.05) is 26.3 Å². The number of aliphatic hydroxyl groups excluding tert-OH is 1. The fraction of sp³-hybridized carbons (Fsp3) is 0.690. The van der Waals surface area contributed by atoms with E-state index in [2.05, 4.69) is 17.4 Å². The summed E-state index contributed by atoms with van der Waals surface area (Å²) in [6.45, 7) is 9.25. The Morgan fingerprint density at radius 3 is 2.41 bits per heavy atom. The monoisotopic (exact) mass is 548 g/mol. The summed E-state index contributed by atoms with van der Waals surface area (Å²) < 4.78 is 11.4. The summed E-state index contributed by atoms with van der Waals surface area (Å²) in [5.74, 6) is -0.837. The lowest BCUT2D eigenvalue weighted by molar-refractivity contribution is -0.140. The zero-order valence-corrected chi connectivity index (χ0v) is 24.0. The molecule has 4 atom stereocenters. The van der Waals surface area contributed by atoms with Crippen LogP contribution in [0.4, 0.5) is 0 Å². The molecule has 1 aromatic rings. The number of hydrogen-bond acceptors (Lipinski definition) is 7. The van der Waals surface area contributed by atoms with Gasteiger partial charge in [0.05, 0.1) is 18.8 Å².